The van der Waals surface area contributed by atoms with E-state index in [1.807, 2.05) is 60.7 Å². The van der Waals surface area contributed by atoms with Crippen LogP contribution in [0.4, 0.5) is 5.69 Å². The van der Waals surface area contributed by atoms with Crippen LogP contribution in [0.5, 0.6) is 5.75 Å². The minimum Gasteiger partial charge on any atom is -0.497 e. The Morgan fingerprint density at radius 3 is 2.22 bits per heavy atom. The zero-order chi connectivity index (χ0) is 15.9. The predicted octanol–water partition coefficient (Wildman–Crippen LogP) is 5.06. The minimum absolute atomic E-state index is 0.760. The summed E-state index contributed by atoms with van der Waals surface area (Å²) >= 11 is 0. The molecule has 0 aromatic heterocycles. The molecule has 114 valence electrons. The largest absolute Gasteiger partial charge is 0.497 e. The molecule has 0 aliphatic heterocycles. The summed E-state index contributed by atoms with van der Waals surface area (Å²) in [6, 6.07) is 28.5. The van der Waals surface area contributed by atoms with Crippen molar-refractivity contribution in [2.45, 2.75) is 6.42 Å². The average molecular weight is 301 g/mol. The Morgan fingerprint density at radius 2 is 1.52 bits per heavy atom. The summed E-state index contributed by atoms with van der Waals surface area (Å²) in [4.78, 5) is 4.86. The van der Waals surface area contributed by atoms with Gasteiger partial charge in [-0.15, -0.1) is 0 Å². The molecule has 0 saturated heterocycles. The van der Waals surface area contributed by atoms with Crippen LogP contribution in [0.25, 0.3) is 0 Å². The number of methoxy groups -OCH3 is 1. The van der Waals surface area contributed by atoms with Crippen molar-refractivity contribution in [1.29, 1.82) is 0 Å². The Bertz CT molecular complexity index is 779. The van der Waals surface area contributed by atoms with Gasteiger partial charge in [-0.2, -0.15) is 0 Å². The minimum atomic E-state index is 0.760. The number of hydrogen-bond acceptors (Lipinski definition) is 2. The van der Waals surface area contributed by atoms with Gasteiger partial charge in [-0.05, 0) is 35.4 Å². The molecule has 0 bridgehead atoms. The second kappa shape index (κ2) is 7.41. The number of benzene rings is 3. The second-order valence-corrected chi connectivity index (χ2v) is 5.29. The van der Waals surface area contributed by atoms with E-state index >= 15 is 0 Å². The van der Waals surface area contributed by atoms with Crippen molar-refractivity contribution in [3.63, 3.8) is 0 Å². The highest BCUT2D eigenvalue weighted by atomic mass is 16.5. The van der Waals surface area contributed by atoms with E-state index in [0.29, 0.717) is 0 Å². The Kier molecular flexibility index (Phi) is 4.85. The molecule has 3 aromatic carbocycles. The number of para-hydroxylation sites is 1. The Morgan fingerprint density at radius 1 is 0.826 bits per heavy atom. The first kappa shape index (κ1) is 15.0. The Hall–Kier alpha value is -2.87. The lowest BCUT2D eigenvalue weighted by Gasteiger charge is -2.09. The van der Waals surface area contributed by atoms with E-state index in [9.17, 15) is 0 Å². The smallest absolute Gasteiger partial charge is 0.119 e. The number of aliphatic imine (C=N–C) groups is 1. The molecule has 0 aliphatic carbocycles. The van der Waals surface area contributed by atoms with E-state index < -0.39 is 0 Å². The molecule has 0 amide bonds. The normalized spacial score (nSPS) is 11.3. The summed E-state index contributed by atoms with van der Waals surface area (Å²) in [6.07, 6.45) is 0.760. The molecule has 0 N–H and O–H groups in total. The molecule has 0 radical (unpaired) electrons. The molecule has 3 aromatic rings. The fraction of sp³-hybridized carbons (Fsp3) is 0.0952. The molecule has 2 nitrogen and oxygen atoms in total. The molecule has 0 aliphatic rings. The first-order chi connectivity index (χ1) is 11.3. The van der Waals surface area contributed by atoms with Crippen LogP contribution < -0.4 is 4.74 Å². The van der Waals surface area contributed by atoms with Crippen molar-refractivity contribution in [3.8, 4) is 5.75 Å². The number of hydrogen-bond donors (Lipinski definition) is 0. The third kappa shape index (κ3) is 4.07. The summed E-state index contributed by atoms with van der Waals surface area (Å²) in [6.45, 7) is 0. The SMILES string of the molecule is COc1cccc(CC(=Nc2ccccc2)c2ccccc2)c1. The van der Waals surface area contributed by atoms with E-state index in [0.717, 1.165) is 29.1 Å². The molecular formula is C21H19NO. The van der Waals surface area contributed by atoms with Gasteiger partial charge in [-0.1, -0.05) is 60.7 Å². The van der Waals surface area contributed by atoms with Gasteiger partial charge >= 0.3 is 0 Å². The molecular weight excluding hydrogens is 282 g/mol. The van der Waals surface area contributed by atoms with Crippen LogP contribution in [0.3, 0.4) is 0 Å². The van der Waals surface area contributed by atoms with E-state index in [-0.39, 0.29) is 0 Å². The highest BCUT2D eigenvalue weighted by Crippen LogP contribution is 2.18. The van der Waals surface area contributed by atoms with Crippen LogP contribution >= 0.6 is 0 Å². The lowest BCUT2D eigenvalue weighted by molar-refractivity contribution is 0.414. The number of nitrogens with zero attached hydrogens (tertiary/aromatic N) is 1. The first-order valence-corrected chi connectivity index (χ1v) is 7.66. The number of rotatable bonds is 5. The van der Waals surface area contributed by atoms with Gasteiger partial charge in [0, 0.05) is 6.42 Å². The van der Waals surface area contributed by atoms with Crippen molar-refractivity contribution >= 4 is 11.4 Å². The summed E-state index contributed by atoms with van der Waals surface area (Å²) in [5.74, 6) is 0.870. The van der Waals surface area contributed by atoms with E-state index in [2.05, 4.69) is 24.3 Å². The van der Waals surface area contributed by atoms with Gasteiger partial charge < -0.3 is 4.74 Å². The second-order valence-electron chi connectivity index (χ2n) is 5.29. The third-order valence-electron chi connectivity index (χ3n) is 3.63. The van der Waals surface area contributed by atoms with Crippen LogP contribution in [0.1, 0.15) is 11.1 Å². The first-order valence-electron chi connectivity index (χ1n) is 7.66. The maximum atomic E-state index is 5.32. The fourth-order valence-electron chi connectivity index (χ4n) is 2.47. The molecule has 3 rings (SSSR count). The molecule has 0 spiro atoms. The lowest BCUT2D eigenvalue weighted by Crippen LogP contribution is -2.05. The zero-order valence-electron chi connectivity index (χ0n) is 13.1. The van der Waals surface area contributed by atoms with Crippen molar-refractivity contribution in [2.24, 2.45) is 4.99 Å². The topological polar surface area (TPSA) is 21.6 Å². The van der Waals surface area contributed by atoms with Crippen LogP contribution in [0.15, 0.2) is 89.9 Å². The molecule has 2 heteroatoms. The Balaban J connectivity index is 1.97. The fourth-order valence-corrected chi connectivity index (χ4v) is 2.47. The van der Waals surface area contributed by atoms with E-state index in [4.69, 9.17) is 9.73 Å². The molecule has 0 saturated carbocycles. The van der Waals surface area contributed by atoms with Gasteiger partial charge in [0.1, 0.15) is 5.75 Å². The maximum Gasteiger partial charge on any atom is 0.119 e. The van der Waals surface area contributed by atoms with Gasteiger partial charge in [0.15, 0.2) is 0 Å². The van der Waals surface area contributed by atoms with Gasteiger partial charge in [-0.25, -0.2) is 0 Å². The lowest BCUT2D eigenvalue weighted by atomic mass is 10.0. The van der Waals surface area contributed by atoms with Crippen molar-refractivity contribution in [2.75, 3.05) is 7.11 Å². The summed E-state index contributed by atoms with van der Waals surface area (Å²) in [5.41, 5.74) is 4.33. The monoisotopic (exact) mass is 301 g/mol. The average Bonchev–Trinajstić information content (AvgIpc) is 2.63. The zero-order valence-corrected chi connectivity index (χ0v) is 13.1. The molecule has 0 atom stereocenters. The summed E-state index contributed by atoms with van der Waals surface area (Å²) < 4.78 is 5.32. The molecule has 23 heavy (non-hydrogen) atoms. The van der Waals surface area contributed by atoms with Crippen molar-refractivity contribution in [3.05, 3.63) is 96.1 Å². The summed E-state index contributed by atoms with van der Waals surface area (Å²) in [5, 5.41) is 0. The molecule has 0 fully saturated rings. The van der Waals surface area contributed by atoms with E-state index in [1.165, 1.54) is 5.56 Å². The van der Waals surface area contributed by atoms with Crippen molar-refractivity contribution < 1.29 is 4.74 Å². The quantitative estimate of drug-likeness (QED) is 0.604. The van der Waals surface area contributed by atoms with Gasteiger partial charge in [0.25, 0.3) is 0 Å². The standard InChI is InChI=1S/C21H19NO/c1-23-20-14-8-9-17(15-20)16-21(18-10-4-2-5-11-18)22-19-12-6-3-7-13-19/h2-15H,16H2,1H3. The van der Waals surface area contributed by atoms with Gasteiger partial charge in [0.2, 0.25) is 0 Å². The van der Waals surface area contributed by atoms with Crippen LogP contribution in [0, 0.1) is 0 Å². The van der Waals surface area contributed by atoms with Crippen LogP contribution in [-0.4, -0.2) is 12.8 Å². The third-order valence-corrected chi connectivity index (χ3v) is 3.63. The summed E-state index contributed by atoms with van der Waals surface area (Å²) in [7, 11) is 1.69. The molecule has 0 heterocycles. The maximum absolute atomic E-state index is 5.32. The van der Waals surface area contributed by atoms with E-state index in [1.54, 1.807) is 7.11 Å². The van der Waals surface area contributed by atoms with Gasteiger partial charge in [-0.3, -0.25) is 4.99 Å². The van der Waals surface area contributed by atoms with Gasteiger partial charge in [0.05, 0.1) is 18.5 Å². The highest BCUT2D eigenvalue weighted by Gasteiger charge is 2.06. The number of ether oxygens (including phenoxy) is 1. The van der Waals surface area contributed by atoms with Crippen molar-refractivity contribution in [1.82, 2.24) is 0 Å². The van der Waals surface area contributed by atoms with Crippen LogP contribution in [-0.2, 0) is 6.42 Å². The highest BCUT2D eigenvalue weighted by molar-refractivity contribution is 6.03. The molecule has 0 unspecified atom stereocenters. The van der Waals surface area contributed by atoms with Crippen LogP contribution in [0.2, 0.25) is 0 Å². The Labute approximate surface area is 137 Å². The predicted molar refractivity (Wildman–Crippen MR) is 95.8 cm³/mol.